The highest BCUT2D eigenvalue weighted by atomic mass is 32.2. The smallest absolute Gasteiger partial charge is 0.307 e. The molecule has 0 bridgehead atoms. The summed E-state index contributed by atoms with van der Waals surface area (Å²) in [5.41, 5.74) is 3.44. The summed E-state index contributed by atoms with van der Waals surface area (Å²) in [6.07, 6.45) is 0.913. The summed E-state index contributed by atoms with van der Waals surface area (Å²) < 4.78 is 28.9. The van der Waals surface area contributed by atoms with E-state index in [-0.39, 0.29) is 23.0 Å². The predicted molar refractivity (Wildman–Crippen MR) is 117 cm³/mol. The average Bonchev–Trinajstić information content (AvgIpc) is 3.20. The number of sulfone groups is 1. The zero-order valence-electron chi connectivity index (χ0n) is 18.0. The summed E-state index contributed by atoms with van der Waals surface area (Å²) in [5, 5.41) is 6.31. The number of nitrogens with one attached hydrogen (secondary N) is 2. The molecule has 0 aliphatic carbocycles. The number of benzene rings is 2. The Hall–Kier alpha value is -2.71. The van der Waals surface area contributed by atoms with Crippen molar-refractivity contribution in [1.82, 2.24) is 10.6 Å². The zero-order valence-corrected chi connectivity index (χ0v) is 18.8. The monoisotopic (exact) mass is 444 g/mol. The van der Waals surface area contributed by atoms with Crippen LogP contribution in [0.3, 0.4) is 0 Å². The van der Waals surface area contributed by atoms with Crippen molar-refractivity contribution >= 4 is 21.7 Å². The lowest BCUT2D eigenvalue weighted by Gasteiger charge is -2.19. The summed E-state index contributed by atoms with van der Waals surface area (Å²) in [5.74, 6) is -0.776. The van der Waals surface area contributed by atoms with Crippen LogP contribution in [0.25, 0.3) is 0 Å². The van der Waals surface area contributed by atoms with Gasteiger partial charge in [0.05, 0.1) is 30.2 Å². The number of methoxy groups -OCH3 is 1. The molecule has 3 rings (SSSR count). The van der Waals surface area contributed by atoms with Gasteiger partial charge in [0.25, 0.3) is 5.91 Å². The molecule has 0 aromatic heterocycles. The Kier molecular flexibility index (Phi) is 7.12. The Morgan fingerprint density at radius 2 is 1.87 bits per heavy atom. The van der Waals surface area contributed by atoms with Crippen molar-refractivity contribution in [3.63, 3.8) is 0 Å². The number of hydrogen-bond donors (Lipinski definition) is 2. The summed E-state index contributed by atoms with van der Waals surface area (Å²) in [6, 6.07) is 11.5. The van der Waals surface area contributed by atoms with Gasteiger partial charge in [-0.15, -0.1) is 0 Å². The minimum Gasteiger partial charge on any atom is -0.469 e. The van der Waals surface area contributed by atoms with Crippen LogP contribution in [-0.2, 0) is 25.9 Å². The van der Waals surface area contributed by atoms with Crippen molar-refractivity contribution < 1.29 is 22.7 Å². The number of hydrogen-bond acceptors (Lipinski definition) is 6. The molecular formula is C23H28N2O5S. The maximum Gasteiger partial charge on any atom is 0.307 e. The molecule has 31 heavy (non-hydrogen) atoms. The molecule has 2 N–H and O–H groups in total. The lowest BCUT2D eigenvalue weighted by molar-refractivity contribution is -0.141. The van der Waals surface area contributed by atoms with Crippen LogP contribution in [0.4, 0.5) is 0 Å². The number of fused-ring (bicyclic) bond motifs is 1. The summed E-state index contributed by atoms with van der Waals surface area (Å²) in [7, 11) is -2.04. The number of carbonyl (C=O) groups excluding carboxylic acids is 2. The van der Waals surface area contributed by atoms with Gasteiger partial charge in [-0.2, -0.15) is 0 Å². The van der Waals surface area contributed by atoms with Crippen LogP contribution >= 0.6 is 0 Å². The summed E-state index contributed by atoms with van der Waals surface area (Å²) in [6.45, 7) is 4.41. The van der Waals surface area contributed by atoms with E-state index in [0.29, 0.717) is 23.7 Å². The highest BCUT2D eigenvalue weighted by molar-refractivity contribution is 7.91. The van der Waals surface area contributed by atoms with E-state index in [1.54, 1.807) is 25.1 Å². The fraction of sp³-hybridized carbons (Fsp3) is 0.391. The van der Waals surface area contributed by atoms with E-state index in [0.717, 1.165) is 12.0 Å². The fourth-order valence-electron chi connectivity index (χ4n) is 3.77. The molecule has 1 amide bonds. The van der Waals surface area contributed by atoms with Crippen LogP contribution in [0, 0.1) is 0 Å². The molecule has 2 aromatic rings. The maximum absolute atomic E-state index is 12.9. The van der Waals surface area contributed by atoms with Gasteiger partial charge in [-0.05, 0) is 47.4 Å². The molecule has 1 aliphatic heterocycles. The van der Waals surface area contributed by atoms with Gasteiger partial charge in [0.2, 0.25) is 0 Å². The Labute approximate surface area is 183 Å². The highest BCUT2D eigenvalue weighted by Gasteiger charge is 2.24. The van der Waals surface area contributed by atoms with Crippen molar-refractivity contribution in [2.45, 2.75) is 50.2 Å². The Bertz CT molecular complexity index is 1060. The molecule has 2 aromatic carbocycles. The first-order valence-corrected chi connectivity index (χ1v) is 12.0. The summed E-state index contributed by atoms with van der Waals surface area (Å²) in [4.78, 5) is 25.1. The second-order valence-electron chi connectivity index (χ2n) is 7.53. The van der Waals surface area contributed by atoms with Crippen molar-refractivity contribution in [1.29, 1.82) is 0 Å². The van der Waals surface area contributed by atoms with Crippen LogP contribution in [0.5, 0.6) is 0 Å². The zero-order chi connectivity index (χ0) is 22.6. The molecule has 2 atom stereocenters. The highest BCUT2D eigenvalue weighted by Crippen LogP contribution is 2.28. The van der Waals surface area contributed by atoms with Gasteiger partial charge in [-0.25, -0.2) is 8.42 Å². The van der Waals surface area contributed by atoms with Crippen LogP contribution in [-0.4, -0.2) is 33.2 Å². The second kappa shape index (κ2) is 9.62. The SMILES string of the molecule is CC[C@@H]1NCc2cc(C(=O)N[C@@H](CC(=O)OC)c3ccc(S(=O)(=O)CC)cc3)ccc21. The van der Waals surface area contributed by atoms with Crippen molar-refractivity contribution in [2.75, 3.05) is 12.9 Å². The van der Waals surface area contributed by atoms with Gasteiger partial charge in [-0.3, -0.25) is 9.59 Å². The molecule has 7 nitrogen and oxygen atoms in total. The van der Waals surface area contributed by atoms with Gasteiger partial charge in [0.15, 0.2) is 9.84 Å². The first-order chi connectivity index (χ1) is 14.8. The molecular weight excluding hydrogens is 416 g/mol. The quantitative estimate of drug-likeness (QED) is 0.607. The van der Waals surface area contributed by atoms with Gasteiger partial charge in [-0.1, -0.05) is 32.0 Å². The lowest BCUT2D eigenvalue weighted by atomic mass is 9.99. The molecule has 0 spiro atoms. The summed E-state index contributed by atoms with van der Waals surface area (Å²) >= 11 is 0. The molecule has 0 fully saturated rings. The number of carbonyl (C=O) groups is 2. The largest absolute Gasteiger partial charge is 0.469 e. The Morgan fingerprint density at radius 1 is 1.16 bits per heavy atom. The van der Waals surface area contributed by atoms with E-state index in [9.17, 15) is 18.0 Å². The average molecular weight is 445 g/mol. The Morgan fingerprint density at radius 3 is 2.48 bits per heavy atom. The van der Waals surface area contributed by atoms with Gasteiger partial charge >= 0.3 is 5.97 Å². The number of amides is 1. The van der Waals surface area contributed by atoms with Crippen LogP contribution < -0.4 is 10.6 Å². The Balaban J connectivity index is 1.83. The van der Waals surface area contributed by atoms with Crippen molar-refractivity contribution in [2.24, 2.45) is 0 Å². The molecule has 8 heteroatoms. The second-order valence-corrected chi connectivity index (χ2v) is 9.81. The van der Waals surface area contributed by atoms with Crippen molar-refractivity contribution in [3.8, 4) is 0 Å². The lowest BCUT2D eigenvalue weighted by Crippen LogP contribution is -2.30. The molecule has 166 valence electrons. The first-order valence-electron chi connectivity index (χ1n) is 10.4. The first kappa shape index (κ1) is 23.0. The van der Waals surface area contributed by atoms with Crippen molar-refractivity contribution in [3.05, 3.63) is 64.7 Å². The molecule has 1 aliphatic rings. The maximum atomic E-state index is 12.9. The third-order valence-corrected chi connectivity index (χ3v) is 7.40. The van der Waals surface area contributed by atoms with Gasteiger partial charge in [0, 0.05) is 18.2 Å². The van der Waals surface area contributed by atoms with E-state index in [1.165, 1.54) is 24.8 Å². The number of esters is 1. The van der Waals surface area contributed by atoms with E-state index in [2.05, 4.69) is 17.6 Å². The minimum atomic E-state index is -3.33. The number of rotatable bonds is 8. The third kappa shape index (κ3) is 5.14. The van der Waals surface area contributed by atoms with Crippen LogP contribution in [0.1, 0.15) is 65.8 Å². The van der Waals surface area contributed by atoms with Gasteiger partial charge in [0.1, 0.15) is 0 Å². The van der Waals surface area contributed by atoms with E-state index >= 15 is 0 Å². The molecule has 0 radical (unpaired) electrons. The van der Waals surface area contributed by atoms with E-state index < -0.39 is 21.8 Å². The minimum absolute atomic E-state index is 0.000740. The topological polar surface area (TPSA) is 102 Å². The van der Waals surface area contributed by atoms with Crippen LogP contribution in [0.15, 0.2) is 47.4 Å². The standard InChI is InChI=1S/C23H28N2O5S/c1-4-20-19-11-8-16(12-17(19)14-24-20)23(27)25-21(13-22(26)30-3)15-6-9-18(10-7-15)31(28,29)5-2/h6-12,20-21,24H,4-5,13-14H2,1-3H3,(H,25,27)/t20-,21-/m0/s1. The van der Waals surface area contributed by atoms with Gasteiger partial charge < -0.3 is 15.4 Å². The number of ether oxygens (including phenoxy) is 1. The molecule has 0 saturated carbocycles. The van der Waals surface area contributed by atoms with Crippen LogP contribution in [0.2, 0.25) is 0 Å². The predicted octanol–water partition coefficient (Wildman–Crippen LogP) is 3.07. The molecule has 1 heterocycles. The fourth-order valence-corrected chi connectivity index (χ4v) is 4.65. The molecule has 0 unspecified atom stereocenters. The third-order valence-electron chi connectivity index (χ3n) is 5.65. The van der Waals surface area contributed by atoms with E-state index in [4.69, 9.17) is 4.74 Å². The normalized spacial score (nSPS) is 16.4. The molecule has 0 saturated heterocycles. The van der Waals surface area contributed by atoms with E-state index in [1.807, 2.05) is 12.1 Å².